The van der Waals surface area contributed by atoms with Crippen LogP contribution in [-0.4, -0.2) is 45.9 Å². The van der Waals surface area contributed by atoms with Gasteiger partial charge in [-0.25, -0.2) is 0 Å². The van der Waals surface area contributed by atoms with E-state index in [1.54, 1.807) is 6.07 Å². The molecule has 0 radical (unpaired) electrons. The molecule has 4 heteroatoms. The summed E-state index contributed by atoms with van der Waals surface area (Å²) in [6, 6.07) is 3.88. The van der Waals surface area contributed by atoms with E-state index in [4.69, 9.17) is 4.74 Å². The van der Waals surface area contributed by atoms with Gasteiger partial charge in [-0.2, -0.15) is 0 Å². The van der Waals surface area contributed by atoms with Gasteiger partial charge in [0, 0.05) is 18.2 Å². The Balaban J connectivity index is 1.62. The summed E-state index contributed by atoms with van der Waals surface area (Å²) in [4.78, 5) is 2.50. The van der Waals surface area contributed by atoms with Gasteiger partial charge in [0.1, 0.15) is 6.10 Å². The van der Waals surface area contributed by atoms with Gasteiger partial charge in [-0.05, 0) is 61.8 Å². The summed E-state index contributed by atoms with van der Waals surface area (Å²) < 4.78 is 6.14. The highest BCUT2D eigenvalue weighted by Crippen LogP contribution is 2.59. The molecule has 2 fully saturated rings. The SMILES string of the molecule is C=C1CC[C@]2(O)C3c4c(ccc(O)c4O[C@@H]13)C[C@H]2N(CC)CC1CC1. The Hall–Kier alpha value is -1.52. The number of likely N-dealkylation sites (N-methyl/N-ethyl adjacent to an activating group) is 1. The van der Waals surface area contributed by atoms with Crippen molar-refractivity contribution in [3.63, 3.8) is 0 Å². The molecule has 1 aromatic carbocycles. The lowest BCUT2D eigenvalue weighted by atomic mass is 9.61. The highest BCUT2D eigenvalue weighted by Gasteiger charge is 2.60. The Morgan fingerprint density at radius 3 is 2.88 bits per heavy atom. The molecule has 0 spiro atoms. The van der Waals surface area contributed by atoms with Crippen LogP contribution in [0.3, 0.4) is 0 Å². The van der Waals surface area contributed by atoms with Crippen LogP contribution in [0.25, 0.3) is 0 Å². The minimum Gasteiger partial charge on any atom is -0.504 e. The predicted molar refractivity (Wildman–Crippen MR) is 96.1 cm³/mol. The van der Waals surface area contributed by atoms with Crippen molar-refractivity contribution in [1.82, 2.24) is 4.90 Å². The molecule has 0 aromatic heterocycles. The van der Waals surface area contributed by atoms with Gasteiger partial charge < -0.3 is 14.9 Å². The van der Waals surface area contributed by atoms with Gasteiger partial charge in [-0.15, -0.1) is 0 Å². The third-order valence-electron chi connectivity index (χ3n) is 6.94. The van der Waals surface area contributed by atoms with E-state index in [0.29, 0.717) is 5.75 Å². The van der Waals surface area contributed by atoms with Crippen LogP contribution >= 0.6 is 0 Å². The molecule has 1 aromatic rings. The topological polar surface area (TPSA) is 52.9 Å². The molecule has 1 aliphatic heterocycles. The number of phenolic OH excluding ortho intramolecular Hbond substituents is 1. The van der Waals surface area contributed by atoms with Crippen LogP contribution in [0.2, 0.25) is 0 Å². The van der Waals surface area contributed by atoms with Crippen molar-refractivity contribution < 1.29 is 14.9 Å². The zero-order valence-corrected chi connectivity index (χ0v) is 14.9. The number of aliphatic hydroxyl groups is 1. The van der Waals surface area contributed by atoms with Crippen LogP contribution in [0.5, 0.6) is 11.5 Å². The zero-order valence-electron chi connectivity index (χ0n) is 14.9. The highest BCUT2D eigenvalue weighted by atomic mass is 16.5. The molecule has 2 N–H and O–H groups in total. The molecule has 5 rings (SSSR count). The summed E-state index contributed by atoms with van der Waals surface area (Å²) in [5.74, 6) is 1.47. The number of rotatable bonds is 4. The van der Waals surface area contributed by atoms with Crippen molar-refractivity contribution >= 4 is 0 Å². The monoisotopic (exact) mass is 341 g/mol. The quantitative estimate of drug-likeness (QED) is 0.827. The number of phenols is 1. The van der Waals surface area contributed by atoms with E-state index in [1.807, 2.05) is 6.07 Å². The summed E-state index contributed by atoms with van der Waals surface area (Å²) >= 11 is 0. The largest absolute Gasteiger partial charge is 0.504 e. The summed E-state index contributed by atoms with van der Waals surface area (Å²) in [6.45, 7) is 8.46. The lowest BCUT2D eigenvalue weighted by molar-refractivity contribution is -0.101. The van der Waals surface area contributed by atoms with E-state index < -0.39 is 5.60 Å². The fourth-order valence-corrected chi connectivity index (χ4v) is 5.42. The molecule has 0 saturated heterocycles. The average Bonchev–Trinajstić information content (AvgIpc) is 3.32. The summed E-state index contributed by atoms with van der Waals surface area (Å²) in [5.41, 5.74) is 2.50. The van der Waals surface area contributed by atoms with Gasteiger partial charge in [0.05, 0.1) is 11.5 Å². The van der Waals surface area contributed by atoms with Crippen LogP contribution in [0.4, 0.5) is 0 Å². The maximum atomic E-state index is 11.9. The first-order chi connectivity index (χ1) is 12.0. The highest BCUT2D eigenvalue weighted by molar-refractivity contribution is 5.59. The van der Waals surface area contributed by atoms with E-state index >= 15 is 0 Å². The first kappa shape index (κ1) is 15.7. The molecule has 0 amide bonds. The van der Waals surface area contributed by atoms with Gasteiger partial charge >= 0.3 is 0 Å². The van der Waals surface area contributed by atoms with E-state index in [9.17, 15) is 10.2 Å². The Bertz CT molecular complexity index is 741. The van der Waals surface area contributed by atoms with Crippen molar-refractivity contribution in [2.75, 3.05) is 13.1 Å². The molecule has 2 saturated carbocycles. The second-order valence-corrected chi connectivity index (χ2v) is 8.40. The molecule has 4 atom stereocenters. The Kier molecular flexibility index (Phi) is 3.29. The van der Waals surface area contributed by atoms with Crippen molar-refractivity contribution in [1.29, 1.82) is 0 Å². The Labute approximate surface area is 149 Å². The molecule has 4 aliphatic rings. The first-order valence-corrected chi connectivity index (χ1v) is 9.68. The van der Waals surface area contributed by atoms with Crippen molar-refractivity contribution in [2.24, 2.45) is 5.92 Å². The van der Waals surface area contributed by atoms with E-state index in [2.05, 4.69) is 18.4 Å². The summed E-state index contributed by atoms with van der Waals surface area (Å²) in [5, 5.41) is 22.2. The minimum absolute atomic E-state index is 0.0992. The number of hydrogen-bond donors (Lipinski definition) is 2. The summed E-state index contributed by atoms with van der Waals surface area (Å²) in [6.07, 6.45) is 4.79. The second kappa shape index (κ2) is 5.24. The molecule has 1 unspecified atom stereocenters. The Morgan fingerprint density at radius 2 is 2.16 bits per heavy atom. The van der Waals surface area contributed by atoms with E-state index in [-0.39, 0.29) is 23.8 Å². The third kappa shape index (κ3) is 2.13. The normalized spacial score (nSPS) is 35.6. The van der Waals surface area contributed by atoms with Crippen molar-refractivity contribution in [3.8, 4) is 11.5 Å². The molecular weight excluding hydrogens is 314 g/mol. The first-order valence-electron chi connectivity index (χ1n) is 9.68. The van der Waals surface area contributed by atoms with Crippen LogP contribution in [0.1, 0.15) is 49.7 Å². The molecule has 3 aliphatic carbocycles. The zero-order chi connectivity index (χ0) is 17.3. The number of ether oxygens (including phenoxy) is 1. The maximum absolute atomic E-state index is 11.9. The van der Waals surface area contributed by atoms with Gasteiger partial charge in [0.2, 0.25) is 0 Å². The third-order valence-corrected chi connectivity index (χ3v) is 6.94. The minimum atomic E-state index is -0.803. The standard InChI is InChI=1S/C21H27NO3/c1-3-22(11-13-4-5-13)16-10-14-6-7-15(23)20-17(14)18-19(25-20)12(2)8-9-21(16,18)24/h6-7,13,16,18-19,23-24H,2-5,8-11H2,1H3/t16-,18?,19+,21-/m1/s1. The fourth-order valence-electron chi connectivity index (χ4n) is 5.42. The molecule has 134 valence electrons. The number of hydrogen-bond acceptors (Lipinski definition) is 4. The van der Waals surface area contributed by atoms with Crippen LogP contribution in [0.15, 0.2) is 24.3 Å². The second-order valence-electron chi connectivity index (χ2n) is 8.40. The van der Waals surface area contributed by atoms with Gasteiger partial charge in [0.25, 0.3) is 0 Å². The van der Waals surface area contributed by atoms with Gasteiger partial charge in [-0.3, -0.25) is 4.90 Å². The van der Waals surface area contributed by atoms with Crippen molar-refractivity contribution in [2.45, 2.75) is 62.7 Å². The summed E-state index contributed by atoms with van der Waals surface area (Å²) in [7, 11) is 0. The number of benzene rings is 1. The number of nitrogens with zero attached hydrogens (tertiary/aromatic N) is 1. The molecular formula is C21H27NO3. The predicted octanol–water partition coefficient (Wildman–Crippen LogP) is 2.97. The van der Waals surface area contributed by atoms with Crippen LogP contribution < -0.4 is 4.74 Å². The number of aromatic hydroxyl groups is 1. The molecule has 25 heavy (non-hydrogen) atoms. The average molecular weight is 341 g/mol. The fraction of sp³-hybridized carbons (Fsp3) is 0.619. The lowest BCUT2D eigenvalue weighted by Gasteiger charge is -2.52. The lowest BCUT2D eigenvalue weighted by Crippen LogP contribution is -2.62. The van der Waals surface area contributed by atoms with E-state index in [1.165, 1.54) is 18.4 Å². The van der Waals surface area contributed by atoms with Gasteiger partial charge in [0.15, 0.2) is 11.5 Å². The maximum Gasteiger partial charge on any atom is 0.165 e. The molecule has 0 bridgehead atoms. The smallest absolute Gasteiger partial charge is 0.165 e. The van der Waals surface area contributed by atoms with Crippen molar-refractivity contribution in [3.05, 3.63) is 35.4 Å². The molecule has 1 heterocycles. The van der Waals surface area contributed by atoms with Gasteiger partial charge in [-0.1, -0.05) is 19.6 Å². The van der Waals surface area contributed by atoms with Crippen LogP contribution in [0, 0.1) is 5.92 Å². The van der Waals surface area contributed by atoms with E-state index in [0.717, 1.165) is 49.4 Å². The van der Waals surface area contributed by atoms with Crippen LogP contribution in [-0.2, 0) is 6.42 Å². The molecule has 4 nitrogen and oxygen atoms in total. The Morgan fingerprint density at radius 1 is 1.36 bits per heavy atom.